The highest BCUT2D eigenvalue weighted by molar-refractivity contribution is 7.98. The Bertz CT molecular complexity index is 1450. The highest BCUT2D eigenvalue weighted by atomic mass is 32.2. The molecule has 0 radical (unpaired) electrons. The van der Waals surface area contributed by atoms with Crippen molar-refractivity contribution in [2.45, 2.75) is 17.9 Å². The van der Waals surface area contributed by atoms with Gasteiger partial charge in [0.2, 0.25) is 0 Å². The van der Waals surface area contributed by atoms with Crippen LogP contribution in [0, 0.1) is 0 Å². The highest BCUT2D eigenvalue weighted by Crippen LogP contribution is 2.31. The van der Waals surface area contributed by atoms with E-state index in [4.69, 9.17) is 9.47 Å². The zero-order chi connectivity index (χ0) is 24.2. The van der Waals surface area contributed by atoms with Crippen LogP contribution in [-0.4, -0.2) is 30.5 Å². The molecule has 1 atom stereocenters. The van der Waals surface area contributed by atoms with Crippen LogP contribution in [-0.2, 0) is 9.53 Å². The van der Waals surface area contributed by atoms with E-state index in [0.717, 1.165) is 16.0 Å². The number of thioether (sulfide) groups is 1. The lowest BCUT2D eigenvalue weighted by Crippen LogP contribution is -2.39. The van der Waals surface area contributed by atoms with Crippen LogP contribution in [0.25, 0.3) is 6.08 Å². The molecule has 0 aliphatic carbocycles. The summed E-state index contributed by atoms with van der Waals surface area (Å²) in [6, 6.07) is 14.7. The summed E-state index contributed by atoms with van der Waals surface area (Å²) in [5.41, 5.74) is 2.31. The maximum Gasteiger partial charge on any atom is 0.338 e. The first-order valence-electron chi connectivity index (χ1n) is 10.6. The van der Waals surface area contributed by atoms with Crippen LogP contribution in [0.3, 0.4) is 0 Å². The minimum Gasteiger partial charge on any atom is -0.497 e. The van der Waals surface area contributed by atoms with Gasteiger partial charge >= 0.3 is 5.97 Å². The quantitative estimate of drug-likeness (QED) is 0.286. The van der Waals surface area contributed by atoms with E-state index in [1.54, 1.807) is 30.4 Å². The minimum absolute atomic E-state index is 0.0774. The molecular formula is C26H24N2O4S2. The van der Waals surface area contributed by atoms with Gasteiger partial charge in [0, 0.05) is 4.90 Å². The highest BCUT2D eigenvalue weighted by Gasteiger charge is 2.33. The van der Waals surface area contributed by atoms with Gasteiger partial charge in [0.05, 0.1) is 29.0 Å². The van der Waals surface area contributed by atoms with Crippen LogP contribution >= 0.6 is 23.1 Å². The summed E-state index contributed by atoms with van der Waals surface area (Å²) < 4.78 is 12.8. The maximum absolute atomic E-state index is 13.6. The van der Waals surface area contributed by atoms with Crippen LogP contribution < -0.4 is 19.6 Å². The molecule has 34 heavy (non-hydrogen) atoms. The summed E-state index contributed by atoms with van der Waals surface area (Å²) >= 11 is 2.92. The van der Waals surface area contributed by atoms with Crippen molar-refractivity contribution in [1.82, 2.24) is 4.57 Å². The number of hydrogen-bond acceptors (Lipinski definition) is 7. The molecule has 1 aromatic heterocycles. The summed E-state index contributed by atoms with van der Waals surface area (Å²) in [5.74, 6) is 0.193. The molecule has 0 fully saturated rings. The number of hydrogen-bond donors (Lipinski definition) is 0. The fourth-order valence-corrected chi connectivity index (χ4v) is 5.23. The van der Waals surface area contributed by atoms with E-state index in [-0.39, 0.29) is 12.2 Å². The lowest BCUT2D eigenvalue weighted by Gasteiger charge is -2.24. The standard InChI is InChI=1S/C26H24N2O4S2/c1-5-13-32-25(30)22-16(2)27-26-28(23(22)18-9-11-20(33-4)12-10-18)24(29)21(34-26)15-17-7-6-8-19(14-17)31-3/h5-12,14-15,23H,1,13H2,2-4H3. The molecule has 0 spiro atoms. The van der Waals surface area contributed by atoms with Crippen molar-refractivity contribution >= 4 is 35.1 Å². The number of fused-ring (bicyclic) bond motifs is 1. The van der Waals surface area contributed by atoms with Gasteiger partial charge in [-0.1, -0.05) is 48.3 Å². The van der Waals surface area contributed by atoms with E-state index < -0.39 is 12.0 Å². The predicted octanol–water partition coefficient (Wildman–Crippen LogP) is 3.69. The zero-order valence-corrected chi connectivity index (χ0v) is 20.7. The van der Waals surface area contributed by atoms with Gasteiger partial charge in [0.15, 0.2) is 4.80 Å². The van der Waals surface area contributed by atoms with E-state index >= 15 is 0 Å². The molecule has 0 saturated heterocycles. The third-order valence-corrected chi connectivity index (χ3v) is 7.12. The van der Waals surface area contributed by atoms with Crippen molar-refractivity contribution in [1.29, 1.82) is 0 Å². The van der Waals surface area contributed by atoms with Crippen LogP contribution in [0.1, 0.15) is 24.1 Å². The van der Waals surface area contributed by atoms with Gasteiger partial charge in [-0.25, -0.2) is 9.79 Å². The molecule has 4 rings (SSSR count). The normalized spacial score (nSPS) is 15.5. The molecular weight excluding hydrogens is 468 g/mol. The number of aromatic nitrogens is 1. The first-order valence-corrected chi connectivity index (χ1v) is 12.6. The van der Waals surface area contributed by atoms with Gasteiger partial charge in [0.25, 0.3) is 5.56 Å². The molecule has 2 aromatic carbocycles. The second-order valence-electron chi connectivity index (χ2n) is 7.52. The van der Waals surface area contributed by atoms with Gasteiger partial charge in [-0.3, -0.25) is 9.36 Å². The number of carbonyl (C=O) groups excluding carboxylic acids is 1. The molecule has 0 amide bonds. The molecule has 1 unspecified atom stereocenters. The van der Waals surface area contributed by atoms with E-state index in [2.05, 4.69) is 11.6 Å². The lowest BCUT2D eigenvalue weighted by molar-refractivity contribution is -0.138. The topological polar surface area (TPSA) is 69.9 Å². The van der Waals surface area contributed by atoms with Crippen molar-refractivity contribution in [2.75, 3.05) is 20.0 Å². The van der Waals surface area contributed by atoms with Crippen molar-refractivity contribution in [2.24, 2.45) is 4.99 Å². The number of ether oxygens (including phenoxy) is 2. The number of methoxy groups -OCH3 is 1. The zero-order valence-electron chi connectivity index (χ0n) is 19.1. The van der Waals surface area contributed by atoms with Crippen molar-refractivity contribution in [3.8, 4) is 5.75 Å². The maximum atomic E-state index is 13.6. The number of thiazole rings is 1. The molecule has 8 heteroatoms. The molecule has 0 saturated carbocycles. The largest absolute Gasteiger partial charge is 0.497 e. The molecule has 6 nitrogen and oxygen atoms in total. The summed E-state index contributed by atoms with van der Waals surface area (Å²) in [6.07, 6.45) is 5.33. The SMILES string of the molecule is C=CCOC(=O)C1=C(C)N=c2sc(=Cc3cccc(OC)c3)c(=O)n2C1c1ccc(SC)cc1. The molecule has 174 valence electrons. The Kier molecular flexibility index (Phi) is 7.19. The second kappa shape index (κ2) is 10.3. The predicted molar refractivity (Wildman–Crippen MR) is 136 cm³/mol. The second-order valence-corrected chi connectivity index (χ2v) is 9.41. The van der Waals surface area contributed by atoms with Crippen LogP contribution in [0.2, 0.25) is 0 Å². The summed E-state index contributed by atoms with van der Waals surface area (Å²) in [5, 5.41) is 0. The van der Waals surface area contributed by atoms with Crippen LogP contribution in [0.5, 0.6) is 5.75 Å². The Hall–Kier alpha value is -3.36. The molecule has 1 aliphatic rings. The first-order chi connectivity index (χ1) is 16.5. The van der Waals surface area contributed by atoms with Gasteiger partial charge in [-0.2, -0.15) is 0 Å². The number of esters is 1. The summed E-state index contributed by atoms with van der Waals surface area (Å²) in [4.78, 5) is 32.9. The molecule has 3 aromatic rings. The lowest BCUT2D eigenvalue weighted by atomic mass is 9.96. The summed E-state index contributed by atoms with van der Waals surface area (Å²) in [6.45, 7) is 5.46. The molecule has 0 bridgehead atoms. The summed E-state index contributed by atoms with van der Waals surface area (Å²) in [7, 11) is 1.60. The molecule has 0 N–H and O–H groups in total. The van der Waals surface area contributed by atoms with Gasteiger partial charge in [-0.05, 0) is 54.6 Å². The number of nitrogens with zero attached hydrogens (tertiary/aromatic N) is 2. The Morgan fingerprint density at radius 2 is 2.03 bits per heavy atom. The number of rotatable bonds is 7. The van der Waals surface area contributed by atoms with Gasteiger partial charge in [0.1, 0.15) is 12.4 Å². The van der Waals surface area contributed by atoms with Crippen molar-refractivity contribution in [3.05, 3.63) is 103 Å². The van der Waals surface area contributed by atoms with E-state index in [1.807, 2.05) is 60.9 Å². The van der Waals surface area contributed by atoms with Gasteiger partial charge < -0.3 is 9.47 Å². The van der Waals surface area contributed by atoms with Crippen molar-refractivity contribution < 1.29 is 14.3 Å². The average Bonchev–Trinajstić information content (AvgIpc) is 3.16. The Labute approximate surface area is 205 Å². The first kappa shape index (κ1) is 23.8. The Morgan fingerprint density at radius 1 is 1.26 bits per heavy atom. The Morgan fingerprint density at radius 3 is 2.71 bits per heavy atom. The van der Waals surface area contributed by atoms with E-state index in [9.17, 15) is 9.59 Å². The molecule has 2 heterocycles. The third kappa shape index (κ3) is 4.64. The number of allylic oxidation sites excluding steroid dienone is 1. The fourth-order valence-electron chi connectivity index (χ4n) is 3.78. The third-order valence-electron chi connectivity index (χ3n) is 5.40. The van der Waals surface area contributed by atoms with Crippen molar-refractivity contribution in [3.63, 3.8) is 0 Å². The number of carbonyl (C=O) groups is 1. The average molecular weight is 493 g/mol. The van der Waals surface area contributed by atoms with Crippen LogP contribution in [0.15, 0.2) is 87.1 Å². The van der Waals surface area contributed by atoms with E-state index in [0.29, 0.717) is 26.4 Å². The smallest absolute Gasteiger partial charge is 0.338 e. The monoisotopic (exact) mass is 492 g/mol. The minimum atomic E-state index is -0.642. The van der Waals surface area contributed by atoms with Crippen LogP contribution in [0.4, 0.5) is 0 Å². The Balaban J connectivity index is 1.91. The molecule has 1 aliphatic heterocycles. The number of benzene rings is 2. The van der Waals surface area contributed by atoms with Gasteiger partial charge in [-0.15, -0.1) is 11.8 Å². The fraction of sp³-hybridized carbons (Fsp3) is 0.192. The van der Waals surface area contributed by atoms with E-state index in [1.165, 1.54) is 17.4 Å².